The summed E-state index contributed by atoms with van der Waals surface area (Å²) in [6.07, 6.45) is 3.25. The molecule has 24 heavy (non-hydrogen) atoms. The lowest BCUT2D eigenvalue weighted by atomic mass is 10.2. The van der Waals surface area contributed by atoms with Crippen LogP contribution >= 0.6 is 0 Å². The van der Waals surface area contributed by atoms with Gasteiger partial charge < -0.3 is 14.3 Å². The number of anilines is 1. The smallest absolute Gasteiger partial charge is 0.242 e. The molecule has 1 aliphatic heterocycles. The van der Waals surface area contributed by atoms with Crippen LogP contribution in [0.5, 0.6) is 0 Å². The van der Waals surface area contributed by atoms with Gasteiger partial charge in [-0.1, -0.05) is 5.16 Å². The molecule has 124 valence electrons. The van der Waals surface area contributed by atoms with Crippen molar-refractivity contribution in [3.05, 3.63) is 35.6 Å². The second-order valence-electron chi connectivity index (χ2n) is 5.79. The number of pyridine rings is 1. The van der Waals surface area contributed by atoms with Gasteiger partial charge in [-0.15, -0.1) is 0 Å². The molecule has 1 amide bonds. The highest BCUT2D eigenvalue weighted by Gasteiger charge is 2.33. The molecule has 3 rings (SSSR count). The van der Waals surface area contributed by atoms with Crippen LogP contribution in [0.25, 0.3) is 0 Å². The zero-order valence-corrected chi connectivity index (χ0v) is 13.6. The number of likely N-dealkylation sites (tertiary alicyclic amines) is 1. The Morgan fingerprint density at radius 3 is 3.00 bits per heavy atom. The normalized spacial score (nSPS) is 16.9. The second-order valence-corrected chi connectivity index (χ2v) is 5.79. The number of carbonyl (C=O) groups is 1. The molecule has 1 fully saturated rings. The number of carbonyl (C=O) groups excluding carboxylic acids is 1. The second kappa shape index (κ2) is 6.66. The minimum absolute atomic E-state index is 0.00591. The number of nitriles is 1. The average Bonchev–Trinajstić information content (AvgIpc) is 3.23. The molecule has 0 aromatic carbocycles. The number of hydrogen-bond acceptors (Lipinski definition) is 7. The minimum Gasteiger partial charge on any atom is -0.350 e. The fraction of sp³-hybridized carbons (Fsp3) is 0.438. The summed E-state index contributed by atoms with van der Waals surface area (Å²) in [7, 11) is 1.80. The third-order valence-corrected chi connectivity index (χ3v) is 4.05. The fourth-order valence-electron chi connectivity index (χ4n) is 2.84. The molecule has 8 nitrogen and oxygen atoms in total. The first-order valence-corrected chi connectivity index (χ1v) is 7.75. The molecule has 0 saturated carbocycles. The third-order valence-electron chi connectivity index (χ3n) is 4.05. The molecule has 1 saturated heterocycles. The van der Waals surface area contributed by atoms with Gasteiger partial charge in [0.1, 0.15) is 11.9 Å². The Balaban J connectivity index is 1.68. The van der Waals surface area contributed by atoms with E-state index < -0.39 is 0 Å². The predicted molar refractivity (Wildman–Crippen MR) is 84.9 cm³/mol. The molecule has 0 aliphatic carbocycles. The first-order valence-electron chi connectivity index (χ1n) is 7.75. The van der Waals surface area contributed by atoms with Crippen LogP contribution in [0, 0.1) is 18.3 Å². The molecular formula is C16H18N6O2. The topological polar surface area (TPSA) is 99.2 Å². The lowest BCUT2D eigenvalue weighted by Gasteiger charge is -2.25. The van der Waals surface area contributed by atoms with Crippen molar-refractivity contribution < 1.29 is 9.32 Å². The van der Waals surface area contributed by atoms with Crippen LogP contribution in [0.2, 0.25) is 0 Å². The number of aryl methyl sites for hydroxylation is 1. The molecule has 1 atom stereocenters. The highest BCUT2D eigenvalue weighted by atomic mass is 16.5. The van der Waals surface area contributed by atoms with Gasteiger partial charge in [0.15, 0.2) is 5.82 Å². The van der Waals surface area contributed by atoms with E-state index in [1.54, 1.807) is 35.9 Å². The quantitative estimate of drug-likeness (QED) is 0.838. The van der Waals surface area contributed by atoms with Gasteiger partial charge in [0, 0.05) is 26.7 Å². The summed E-state index contributed by atoms with van der Waals surface area (Å²) in [6, 6.07) is 5.31. The molecule has 0 spiro atoms. The van der Waals surface area contributed by atoms with Crippen molar-refractivity contribution in [1.29, 1.82) is 5.26 Å². The van der Waals surface area contributed by atoms with E-state index in [-0.39, 0.29) is 18.5 Å². The van der Waals surface area contributed by atoms with Crippen molar-refractivity contribution in [2.75, 3.05) is 25.0 Å². The summed E-state index contributed by atoms with van der Waals surface area (Å²) in [6.45, 7) is 2.62. The number of nitrogens with zero attached hydrogens (tertiary/aromatic N) is 6. The van der Waals surface area contributed by atoms with Crippen LogP contribution in [0.4, 0.5) is 5.82 Å². The molecule has 0 radical (unpaired) electrons. The van der Waals surface area contributed by atoms with Gasteiger partial charge in [0.2, 0.25) is 11.8 Å². The van der Waals surface area contributed by atoms with E-state index in [0.29, 0.717) is 29.6 Å². The molecule has 2 aromatic heterocycles. The summed E-state index contributed by atoms with van der Waals surface area (Å²) in [5, 5.41) is 12.8. The van der Waals surface area contributed by atoms with Crippen LogP contribution in [0.3, 0.4) is 0 Å². The number of aromatic nitrogens is 3. The van der Waals surface area contributed by atoms with E-state index in [4.69, 9.17) is 9.78 Å². The highest BCUT2D eigenvalue weighted by Crippen LogP contribution is 2.30. The molecule has 3 heterocycles. The largest absolute Gasteiger partial charge is 0.350 e. The van der Waals surface area contributed by atoms with E-state index in [2.05, 4.69) is 15.1 Å². The summed E-state index contributed by atoms with van der Waals surface area (Å²) in [5.74, 6) is 1.71. The average molecular weight is 326 g/mol. The maximum absolute atomic E-state index is 12.7. The Morgan fingerprint density at radius 2 is 2.38 bits per heavy atom. The van der Waals surface area contributed by atoms with Gasteiger partial charge in [-0.05, 0) is 25.0 Å². The van der Waals surface area contributed by atoms with Crippen LogP contribution in [-0.2, 0) is 4.79 Å². The first kappa shape index (κ1) is 15.9. The SMILES string of the molecule is Cc1nc([C@H]2CCCN2C(=O)CN(C)c2ccc(C#N)cn2)no1. The van der Waals surface area contributed by atoms with E-state index in [1.165, 1.54) is 6.20 Å². The van der Waals surface area contributed by atoms with E-state index in [9.17, 15) is 4.79 Å². The standard InChI is InChI=1S/C16H18N6O2/c1-11-19-16(20-24-11)13-4-3-7-22(13)15(23)10-21(2)14-6-5-12(8-17)9-18-14/h5-6,9,13H,3-4,7,10H2,1-2H3/t13-/m1/s1. The summed E-state index contributed by atoms with van der Waals surface area (Å²) in [5.41, 5.74) is 0.491. The Kier molecular flexibility index (Phi) is 4.42. The van der Waals surface area contributed by atoms with E-state index >= 15 is 0 Å². The van der Waals surface area contributed by atoms with Crippen molar-refractivity contribution in [2.24, 2.45) is 0 Å². The first-order chi connectivity index (χ1) is 11.6. The van der Waals surface area contributed by atoms with Crippen molar-refractivity contribution in [3.8, 4) is 6.07 Å². The molecule has 0 N–H and O–H groups in total. The minimum atomic E-state index is -0.128. The Hall–Kier alpha value is -2.95. The van der Waals surface area contributed by atoms with Crippen LogP contribution in [0.15, 0.2) is 22.9 Å². The fourth-order valence-corrected chi connectivity index (χ4v) is 2.84. The third kappa shape index (κ3) is 3.20. The maximum Gasteiger partial charge on any atom is 0.242 e. The van der Waals surface area contributed by atoms with Crippen LogP contribution < -0.4 is 4.90 Å². The maximum atomic E-state index is 12.7. The van der Waals surface area contributed by atoms with Gasteiger partial charge in [-0.2, -0.15) is 10.2 Å². The Labute approximate surface area is 139 Å². The monoisotopic (exact) mass is 326 g/mol. The summed E-state index contributed by atoms with van der Waals surface area (Å²) >= 11 is 0. The zero-order valence-electron chi connectivity index (χ0n) is 13.6. The number of likely N-dealkylation sites (N-methyl/N-ethyl adjacent to an activating group) is 1. The predicted octanol–water partition coefficient (Wildman–Crippen LogP) is 1.44. The Bertz CT molecular complexity index is 764. The van der Waals surface area contributed by atoms with Crippen molar-refractivity contribution in [3.63, 3.8) is 0 Å². The number of amides is 1. The number of rotatable bonds is 4. The molecular weight excluding hydrogens is 308 g/mol. The van der Waals surface area contributed by atoms with Gasteiger partial charge in [0.05, 0.1) is 18.2 Å². The Morgan fingerprint density at radius 1 is 1.54 bits per heavy atom. The molecule has 0 unspecified atom stereocenters. The summed E-state index contributed by atoms with van der Waals surface area (Å²) in [4.78, 5) is 24.7. The lowest BCUT2D eigenvalue weighted by Crippen LogP contribution is -2.39. The van der Waals surface area contributed by atoms with Gasteiger partial charge >= 0.3 is 0 Å². The molecule has 2 aromatic rings. The van der Waals surface area contributed by atoms with Crippen LogP contribution in [-0.4, -0.2) is 46.1 Å². The van der Waals surface area contributed by atoms with Crippen molar-refractivity contribution >= 4 is 11.7 Å². The van der Waals surface area contributed by atoms with Crippen molar-refractivity contribution in [2.45, 2.75) is 25.8 Å². The lowest BCUT2D eigenvalue weighted by molar-refractivity contribution is -0.130. The highest BCUT2D eigenvalue weighted by molar-refractivity contribution is 5.81. The number of hydrogen-bond donors (Lipinski definition) is 0. The van der Waals surface area contributed by atoms with E-state index in [0.717, 1.165) is 12.8 Å². The van der Waals surface area contributed by atoms with Gasteiger partial charge in [-0.25, -0.2) is 4.98 Å². The van der Waals surface area contributed by atoms with Gasteiger partial charge in [0.25, 0.3) is 0 Å². The van der Waals surface area contributed by atoms with Crippen molar-refractivity contribution in [1.82, 2.24) is 20.0 Å². The zero-order chi connectivity index (χ0) is 17.1. The summed E-state index contributed by atoms with van der Waals surface area (Å²) < 4.78 is 5.03. The van der Waals surface area contributed by atoms with Gasteiger partial charge in [-0.3, -0.25) is 4.79 Å². The van der Waals surface area contributed by atoms with Crippen LogP contribution in [0.1, 0.15) is 36.2 Å². The molecule has 8 heteroatoms. The van der Waals surface area contributed by atoms with E-state index in [1.807, 2.05) is 6.07 Å². The molecule has 1 aliphatic rings. The molecule has 0 bridgehead atoms.